The quantitative estimate of drug-likeness (QED) is 0.799. The van der Waals surface area contributed by atoms with E-state index in [1.54, 1.807) is 0 Å². The van der Waals surface area contributed by atoms with Gasteiger partial charge in [-0.25, -0.2) is 4.39 Å². The van der Waals surface area contributed by atoms with E-state index in [2.05, 4.69) is 0 Å². The predicted octanol–water partition coefficient (Wildman–Crippen LogP) is 1.56. The average molecular weight is 314 g/mol. The maximum Gasteiger partial charge on any atom is 0.323 e. The highest BCUT2D eigenvalue weighted by atomic mass is 19.1. The summed E-state index contributed by atoms with van der Waals surface area (Å²) >= 11 is 0. The second-order valence-corrected chi connectivity index (χ2v) is 5.73. The molecule has 1 aliphatic rings. The molecular formula is C15H23FN2O4. The number of carboxylic acids is 1. The summed E-state index contributed by atoms with van der Waals surface area (Å²) < 4.78 is 13.7. The first-order valence-electron chi connectivity index (χ1n) is 7.35. The molecule has 0 aromatic rings. The van der Waals surface area contributed by atoms with Crippen LogP contribution in [0.5, 0.6) is 0 Å². The third-order valence-electron chi connectivity index (χ3n) is 3.76. The van der Waals surface area contributed by atoms with Gasteiger partial charge in [-0.1, -0.05) is 0 Å². The lowest BCUT2D eigenvalue weighted by Crippen LogP contribution is -2.43. The van der Waals surface area contributed by atoms with Crippen LogP contribution in [0.2, 0.25) is 0 Å². The number of halogens is 1. The third kappa shape index (κ3) is 4.82. The topological polar surface area (TPSA) is 77.9 Å². The van der Waals surface area contributed by atoms with Crippen LogP contribution in [-0.2, 0) is 14.4 Å². The molecule has 6 nitrogen and oxygen atoms in total. The lowest BCUT2D eigenvalue weighted by Gasteiger charge is -2.28. The van der Waals surface area contributed by atoms with Gasteiger partial charge in [0, 0.05) is 26.1 Å². The summed E-state index contributed by atoms with van der Waals surface area (Å²) in [4.78, 5) is 37.2. The Hall–Kier alpha value is -1.92. The van der Waals surface area contributed by atoms with Gasteiger partial charge >= 0.3 is 5.97 Å². The van der Waals surface area contributed by atoms with Gasteiger partial charge in [-0.3, -0.25) is 14.4 Å². The molecule has 1 unspecified atom stereocenters. The van der Waals surface area contributed by atoms with Crippen LogP contribution in [0.4, 0.5) is 4.39 Å². The van der Waals surface area contributed by atoms with E-state index in [0.29, 0.717) is 37.9 Å². The predicted molar refractivity (Wildman–Crippen MR) is 78.7 cm³/mol. The van der Waals surface area contributed by atoms with Crippen LogP contribution in [0.1, 0.15) is 40.0 Å². The van der Waals surface area contributed by atoms with Crippen molar-refractivity contribution in [3.8, 4) is 0 Å². The Morgan fingerprint density at radius 2 is 1.82 bits per heavy atom. The van der Waals surface area contributed by atoms with Crippen molar-refractivity contribution in [1.82, 2.24) is 9.80 Å². The van der Waals surface area contributed by atoms with Crippen molar-refractivity contribution in [2.45, 2.75) is 46.1 Å². The van der Waals surface area contributed by atoms with Gasteiger partial charge in [-0.05, 0) is 38.7 Å². The molecule has 0 radical (unpaired) electrons. The van der Waals surface area contributed by atoms with E-state index in [0.717, 1.165) is 0 Å². The van der Waals surface area contributed by atoms with Crippen LogP contribution in [-0.4, -0.2) is 58.4 Å². The summed E-state index contributed by atoms with van der Waals surface area (Å²) in [6, 6.07) is -0.235. The molecule has 1 atom stereocenters. The number of carbonyl (C=O) groups is 3. The summed E-state index contributed by atoms with van der Waals surface area (Å²) in [6.07, 6.45) is 1.66. The summed E-state index contributed by atoms with van der Waals surface area (Å²) in [5.74, 6) is -2.74. The Kier molecular flexibility index (Phi) is 6.52. The number of likely N-dealkylation sites (tertiary alicyclic amines) is 1. The van der Waals surface area contributed by atoms with E-state index in [1.807, 2.05) is 0 Å². The van der Waals surface area contributed by atoms with Crippen LogP contribution in [0.25, 0.3) is 0 Å². The minimum Gasteiger partial charge on any atom is -0.480 e. The lowest BCUT2D eigenvalue weighted by atomic mass is 10.1. The van der Waals surface area contributed by atoms with Gasteiger partial charge in [-0.2, -0.15) is 0 Å². The molecule has 0 spiro atoms. The number of allylic oxidation sites excluding steroid dienone is 1. The number of carboxylic acid groups (broad SMARTS) is 1. The number of hydrogen-bond donors (Lipinski definition) is 1. The highest BCUT2D eigenvalue weighted by Crippen LogP contribution is 2.19. The highest BCUT2D eigenvalue weighted by Gasteiger charge is 2.28. The Morgan fingerprint density at radius 1 is 1.18 bits per heavy atom. The molecule has 124 valence electrons. The maximum atomic E-state index is 13.7. The SMILES string of the molecule is CC(=O)N(CC(=O)O)C1CCCN(C(=O)C(F)=C(C)C)CC1. The van der Waals surface area contributed by atoms with Gasteiger partial charge < -0.3 is 14.9 Å². The minimum atomic E-state index is -1.07. The minimum absolute atomic E-state index is 0.235. The Labute approximate surface area is 129 Å². The van der Waals surface area contributed by atoms with E-state index in [-0.39, 0.29) is 18.5 Å². The van der Waals surface area contributed by atoms with E-state index >= 15 is 0 Å². The molecular weight excluding hydrogens is 291 g/mol. The zero-order valence-electron chi connectivity index (χ0n) is 13.3. The van der Waals surface area contributed by atoms with Crippen molar-refractivity contribution in [1.29, 1.82) is 0 Å². The maximum absolute atomic E-state index is 13.7. The molecule has 7 heteroatoms. The number of amides is 2. The molecule has 1 N–H and O–H groups in total. The molecule has 1 rings (SSSR count). The summed E-state index contributed by atoms with van der Waals surface area (Å²) in [7, 11) is 0. The second-order valence-electron chi connectivity index (χ2n) is 5.73. The molecule has 0 aromatic carbocycles. The van der Waals surface area contributed by atoms with E-state index in [4.69, 9.17) is 5.11 Å². The molecule has 1 saturated heterocycles. The zero-order valence-corrected chi connectivity index (χ0v) is 13.3. The van der Waals surface area contributed by atoms with Crippen LogP contribution in [0.3, 0.4) is 0 Å². The zero-order chi connectivity index (χ0) is 16.9. The lowest BCUT2D eigenvalue weighted by molar-refractivity contribution is -0.145. The molecule has 0 aliphatic carbocycles. The normalized spacial score (nSPS) is 18.4. The van der Waals surface area contributed by atoms with Crippen molar-refractivity contribution < 1.29 is 23.9 Å². The van der Waals surface area contributed by atoms with Gasteiger partial charge in [-0.15, -0.1) is 0 Å². The molecule has 2 amide bonds. The molecule has 1 heterocycles. The third-order valence-corrected chi connectivity index (χ3v) is 3.76. The molecule has 0 bridgehead atoms. The van der Waals surface area contributed by atoms with Crippen molar-refractivity contribution in [3.05, 3.63) is 11.4 Å². The van der Waals surface area contributed by atoms with Crippen molar-refractivity contribution in [2.24, 2.45) is 0 Å². The molecule has 0 aromatic heterocycles. The van der Waals surface area contributed by atoms with E-state index in [9.17, 15) is 18.8 Å². The standard InChI is InChI=1S/C15H23FN2O4/c1-10(2)14(16)15(22)17-7-4-5-12(6-8-17)18(11(3)19)9-13(20)21/h12H,4-9H2,1-3H3,(H,20,21). The smallest absolute Gasteiger partial charge is 0.323 e. The summed E-state index contributed by atoms with van der Waals surface area (Å²) in [5, 5.41) is 8.89. The van der Waals surface area contributed by atoms with Crippen molar-refractivity contribution >= 4 is 17.8 Å². The largest absolute Gasteiger partial charge is 0.480 e. The number of hydrogen-bond acceptors (Lipinski definition) is 3. The van der Waals surface area contributed by atoms with Crippen LogP contribution < -0.4 is 0 Å². The fourth-order valence-electron chi connectivity index (χ4n) is 2.59. The van der Waals surface area contributed by atoms with Crippen LogP contribution >= 0.6 is 0 Å². The molecule has 22 heavy (non-hydrogen) atoms. The van der Waals surface area contributed by atoms with E-state index < -0.39 is 17.7 Å². The fraction of sp³-hybridized carbons (Fsp3) is 0.667. The van der Waals surface area contributed by atoms with Gasteiger partial charge in [0.1, 0.15) is 6.54 Å². The Morgan fingerprint density at radius 3 is 2.32 bits per heavy atom. The second kappa shape index (κ2) is 7.91. The molecule has 1 aliphatic heterocycles. The Balaban J connectivity index is 2.76. The summed E-state index contributed by atoms with van der Waals surface area (Å²) in [6.45, 7) is 4.79. The monoisotopic (exact) mass is 314 g/mol. The fourth-order valence-corrected chi connectivity index (χ4v) is 2.59. The van der Waals surface area contributed by atoms with Gasteiger partial charge in [0.15, 0.2) is 5.83 Å². The van der Waals surface area contributed by atoms with Crippen LogP contribution in [0, 0.1) is 0 Å². The highest BCUT2D eigenvalue weighted by molar-refractivity contribution is 5.91. The van der Waals surface area contributed by atoms with Gasteiger partial charge in [0.2, 0.25) is 5.91 Å². The first-order valence-corrected chi connectivity index (χ1v) is 7.35. The first kappa shape index (κ1) is 18.1. The van der Waals surface area contributed by atoms with Gasteiger partial charge in [0.25, 0.3) is 5.91 Å². The number of carbonyl (C=O) groups excluding carboxylic acids is 2. The van der Waals surface area contributed by atoms with Gasteiger partial charge in [0.05, 0.1) is 0 Å². The number of nitrogens with zero attached hydrogens (tertiary/aromatic N) is 2. The average Bonchev–Trinajstić information content (AvgIpc) is 2.68. The number of aliphatic carboxylic acids is 1. The van der Waals surface area contributed by atoms with Crippen molar-refractivity contribution in [2.75, 3.05) is 19.6 Å². The van der Waals surface area contributed by atoms with E-state index in [1.165, 1.54) is 30.6 Å². The first-order chi connectivity index (χ1) is 10.2. The van der Waals surface area contributed by atoms with Crippen molar-refractivity contribution in [3.63, 3.8) is 0 Å². The number of rotatable bonds is 4. The Bertz CT molecular complexity index is 486. The van der Waals surface area contributed by atoms with Crippen LogP contribution in [0.15, 0.2) is 11.4 Å². The molecule has 0 saturated carbocycles. The molecule has 1 fully saturated rings. The summed E-state index contributed by atoms with van der Waals surface area (Å²) in [5.41, 5.74) is 0.335.